The summed E-state index contributed by atoms with van der Waals surface area (Å²) in [4.78, 5) is 25.7. The highest BCUT2D eigenvalue weighted by atomic mass is 35.5. The molecular formula is C14H15Cl2NO3S. The van der Waals surface area contributed by atoms with Gasteiger partial charge in [-0.05, 0) is 30.5 Å². The van der Waals surface area contributed by atoms with Crippen molar-refractivity contribution >= 4 is 46.8 Å². The minimum Gasteiger partial charge on any atom is -0.480 e. The summed E-state index contributed by atoms with van der Waals surface area (Å²) in [6.07, 6.45) is 0.714. The third-order valence-corrected chi connectivity index (χ3v) is 5.23. The van der Waals surface area contributed by atoms with Crippen molar-refractivity contribution in [2.75, 3.05) is 12.3 Å². The van der Waals surface area contributed by atoms with Crippen molar-refractivity contribution in [1.29, 1.82) is 0 Å². The van der Waals surface area contributed by atoms with Crippen molar-refractivity contribution in [2.45, 2.75) is 24.3 Å². The van der Waals surface area contributed by atoms with Gasteiger partial charge in [-0.15, -0.1) is 11.8 Å². The molecule has 2 unspecified atom stereocenters. The molecule has 1 aromatic carbocycles. The Morgan fingerprint density at radius 2 is 2.14 bits per heavy atom. The molecule has 2 atom stereocenters. The van der Waals surface area contributed by atoms with Crippen LogP contribution in [0.2, 0.25) is 10.0 Å². The minimum atomic E-state index is -0.945. The predicted molar refractivity (Wildman–Crippen MR) is 84.1 cm³/mol. The van der Waals surface area contributed by atoms with E-state index in [-0.39, 0.29) is 17.6 Å². The second kappa shape index (κ2) is 6.90. The molecule has 0 radical (unpaired) electrons. The van der Waals surface area contributed by atoms with Crippen LogP contribution in [0.5, 0.6) is 0 Å². The van der Waals surface area contributed by atoms with Gasteiger partial charge in [-0.3, -0.25) is 4.79 Å². The Bertz CT molecular complexity index is 567. The van der Waals surface area contributed by atoms with E-state index in [0.717, 1.165) is 4.90 Å². The third-order valence-electron chi connectivity index (χ3n) is 3.52. The van der Waals surface area contributed by atoms with E-state index < -0.39 is 12.0 Å². The molecular weight excluding hydrogens is 333 g/mol. The van der Waals surface area contributed by atoms with Crippen LogP contribution in [0, 0.1) is 5.92 Å². The number of amides is 1. The van der Waals surface area contributed by atoms with Crippen LogP contribution in [-0.2, 0) is 9.59 Å². The van der Waals surface area contributed by atoms with Gasteiger partial charge in [-0.25, -0.2) is 4.79 Å². The van der Waals surface area contributed by atoms with E-state index in [0.29, 0.717) is 23.0 Å². The number of carbonyl (C=O) groups excluding carboxylic acids is 1. The van der Waals surface area contributed by atoms with Crippen LogP contribution in [0.4, 0.5) is 0 Å². The second-order valence-corrected chi connectivity index (χ2v) is 6.86. The molecule has 1 fully saturated rings. The summed E-state index contributed by atoms with van der Waals surface area (Å²) in [6.45, 7) is 2.34. The normalized spacial score (nSPS) is 21.6. The number of halogens is 2. The maximum absolute atomic E-state index is 12.2. The lowest BCUT2D eigenvalue weighted by molar-refractivity contribution is -0.148. The summed E-state index contributed by atoms with van der Waals surface area (Å²) in [7, 11) is 0. The number of thioether (sulfide) groups is 1. The Kier molecular flexibility index (Phi) is 5.41. The van der Waals surface area contributed by atoms with Crippen LogP contribution in [-0.4, -0.2) is 40.2 Å². The number of rotatable bonds is 4. The van der Waals surface area contributed by atoms with Gasteiger partial charge < -0.3 is 10.0 Å². The second-order valence-electron chi connectivity index (χ2n) is 5.00. The molecule has 21 heavy (non-hydrogen) atoms. The monoisotopic (exact) mass is 347 g/mol. The van der Waals surface area contributed by atoms with E-state index in [2.05, 4.69) is 0 Å². The molecule has 0 aliphatic carbocycles. The molecule has 1 N–H and O–H groups in total. The molecule has 1 aromatic rings. The molecule has 0 aromatic heterocycles. The van der Waals surface area contributed by atoms with Crippen molar-refractivity contribution in [1.82, 2.24) is 4.90 Å². The van der Waals surface area contributed by atoms with Crippen molar-refractivity contribution < 1.29 is 14.7 Å². The van der Waals surface area contributed by atoms with E-state index in [1.165, 1.54) is 16.7 Å². The number of aliphatic carboxylic acids is 1. The number of carboxylic acid groups (broad SMARTS) is 1. The van der Waals surface area contributed by atoms with Crippen molar-refractivity contribution in [3.8, 4) is 0 Å². The zero-order chi connectivity index (χ0) is 15.6. The summed E-state index contributed by atoms with van der Waals surface area (Å²) in [5.74, 6) is -1.01. The SMILES string of the molecule is CC1CCN(C(=O)CSc2cc(Cl)ccc2Cl)C1C(=O)O. The molecule has 1 heterocycles. The molecule has 0 spiro atoms. The highest BCUT2D eigenvalue weighted by molar-refractivity contribution is 8.00. The van der Waals surface area contributed by atoms with Crippen LogP contribution in [0.15, 0.2) is 23.1 Å². The van der Waals surface area contributed by atoms with Gasteiger partial charge in [0, 0.05) is 16.5 Å². The van der Waals surface area contributed by atoms with Crippen molar-refractivity contribution in [3.63, 3.8) is 0 Å². The van der Waals surface area contributed by atoms with E-state index in [1.807, 2.05) is 6.92 Å². The van der Waals surface area contributed by atoms with Crippen LogP contribution in [0.3, 0.4) is 0 Å². The summed E-state index contributed by atoms with van der Waals surface area (Å²) in [6, 6.07) is 4.32. The average Bonchev–Trinajstić information content (AvgIpc) is 2.81. The first-order valence-electron chi connectivity index (χ1n) is 6.50. The first-order valence-corrected chi connectivity index (χ1v) is 8.24. The average molecular weight is 348 g/mol. The summed E-state index contributed by atoms with van der Waals surface area (Å²) >= 11 is 13.2. The zero-order valence-electron chi connectivity index (χ0n) is 11.4. The van der Waals surface area contributed by atoms with Gasteiger partial charge >= 0.3 is 5.97 Å². The Hall–Kier alpha value is -0.910. The van der Waals surface area contributed by atoms with Crippen LogP contribution >= 0.6 is 35.0 Å². The van der Waals surface area contributed by atoms with Gasteiger partial charge in [0.2, 0.25) is 5.91 Å². The number of likely N-dealkylation sites (tertiary alicyclic amines) is 1. The highest BCUT2D eigenvalue weighted by Gasteiger charge is 2.39. The van der Waals surface area contributed by atoms with Gasteiger partial charge in [-0.1, -0.05) is 30.1 Å². The zero-order valence-corrected chi connectivity index (χ0v) is 13.7. The molecule has 4 nitrogen and oxygen atoms in total. The van der Waals surface area contributed by atoms with Crippen molar-refractivity contribution in [2.24, 2.45) is 5.92 Å². The largest absolute Gasteiger partial charge is 0.480 e. The van der Waals surface area contributed by atoms with Crippen LogP contribution in [0.25, 0.3) is 0 Å². The number of benzene rings is 1. The van der Waals surface area contributed by atoms with Crippen molar-refractivity contribution in [3.05, 3.63) is 28.2 Å². The van der Waals surface area contributed by atoms with E-state index in [9.17, 15) is 14.7 Å². The highest BCUT2D eigenvalue weighted by Crippen LogP contribution is 2.31. The Morgan fingerprint density at radius 3 is 2.81 bits per heavy atom. The molecule has 114 valence electrons. The molecule has 1 saturated heterocycles. The fraction of sp³-hybridized carbons (Fsp3) is 0.429. The lowest BCUT2D eigenvalue weighted by atomic mass is 10.0. The lowest BCUT2D eigenvalue weighted by Crippen LogP contribution is -2.43. The molecule has 1 amide bonds. The van der Waals surface area contributed by atoms with Crippen LogP contribution in [0.1, 0.15) is 13.3 Å². The summed E-state index contributed by atoms with van der Waals surface area (Å²) in [5.41, 5.74) is 0. The number of hydrogen-bond acceptors (Lipinski definition) is 3. The topological polar surface area (TPSA) is 57.6 Å². The number of carboxylic acids is 1. The van der Waals surface area contributed by atoms with Gasteiger partial charge in [-0.2, -0.15) is 0 Å². The Balaban J connectivity index is 2.02. The summed E-state index contributed by atoms with van der Waals surface area (Å²) < 4.78 is 0. The first kappa shape index (κ1) is 16.5. The number of hydrogen-bond donors (Lipinski definition) is 1. The molecule has 1 aliphatic rings. The molecule has 0 saturated carbocycles. The smallest absolute Gasteiger partial charge is 0.326 e. The quantitative estimate of drug-likeness (QED) is 0.848. The standard InChI is InChI=1S/C14H15Cl2NO3S/c1-8-4-5-17(13(8)14(19)20)12(18)7-21-11-6-9(15)2-3-10(11)16/h2-3,6,8,13H,4-5,7H2,1H3,(H,19,20). The van der Waals surface area contributed by atoms with Gasteiger partial charge in [0.05, 0.1) is 10.8 Å². The Morgan fingerprint density at radius 1 is 1.43 bits per heavy atom. The molecule has 0 bridgehead atoms. The third kappa shape index (κ3) is 3.84. The van der Waals surface area contributed by atoms with Gasteiger partial charge in [0.25, 0.3) is 0 Å². The fourth-order valence-electron chi connectivity index (χ4n) is 2.41. The number of nitrogens with zero attached hydrogens (tertiary/aromatic N) is 1. The Labute approximate surface area is 137 Å². The predicted octanol–water partition coefficient (Wildman–Crippen LogP) is 3.41. The van der Waals surface area contributed by atoms with E-state index >= 15 is 0 Å². The number of carbonyl (C=O) groups is 2. The molecule has 2 rings (SSSR count). The maximum atomic E-state index is 12.2. The van der Waals surface area contributed by atoms with E-state index in [4.69, 9.17) is 23.2 Å². The molecule has 7 heteroatoms. The molecule has 1 aliphatic heterocycles. The maximum Gasteiger partial charge on any atom is 0.326 e. The van der Waals surface area contributed by atoms with E-state index in [1.54, 1.807) is 18.2 Å². The van der Waals surface area contributed by atoms with Gasteiger partial charge in [0.15, 0.2) is 0 Å². The lowest BCUT2D eigenvalue weighted by Gasteiger charge is -2.23. The first-order chi connectivity index (χ1) is 9.90. The fourth-order valence-corrected chi connectivity index (χ4v) is 3.79. The summed E-state index contributed by atoms with van der Waals surface area (Å²) in [5, 5.41) is 10.3. The minimum absolute atomic E-state index is 0.0220. The van der Waals surface area contributed by atoms with Gasteiger partial charge in [0.1, 0.15) is 6.04 Å². The van der Waals surface area contributed by atoms with Crippen LogP contribution < -0.4 is 0 Å².